The van der Waals surface area contributed by atoms with Gasteiger partial charge in [0.25, 0.3) is 0 Å². The zero-order valence-electron chi connectivity index (χ0n) is 21.9. The minimum absolute atomic E-state index is 0.0647. The first-order valence-electron chi connectivity index (χ1n) is 13.4. The highest BCUT2D eigenvalue weighted by Crippen LogP contribution is 2.37. The summed E-state index contributed by atoms with van der Waals surface area (Å²) in [5, 5.41) is 10.2. The van der Waals surface area contributed by atoms with Crippen LogP contribution in [0, 0.1) is 11.8 Å². The van der Waals surface area contributed by atoms with Gasteiger partial charge in [-0.1, -0.05) is 106 Å². The normalized spacial score (nSPS) is 14.6. The van der Waals surface area contributed by atoms with E-state index in [-0.39, 0.29) is 18.1 Å². The molecule has 2 aromatic carbocycles. The number of carboxylic acid groups (broad SMARTS) is 1. The second kappa shape index (κ2) is 15.3. The van der Waals surface area contributed by atoms with Crippen molar-refractivity contribution in [3.05, 3.63) is 83.9 Å². The van der Waals surface area contributed by atoms with Crippen LogP contribution < -0.4 is 0 Å². The van der Waals surface area contributed by atoms with E-state index in [0.29, 0.717) is 18.3 Å². The van der Waals surface area contributed by atoms with Crippen LogP contribution in [-0.4, -0.2) is 16.9 Å². The van der Waals surface area contributed by atoms with Gasteiger partial charge in [-0.3, -0.25) is 9.59 Å². The van der Waals surface area contributed by atoms with Crippen LogP contribution in [0.15, 0.2) is 72.8 Å². The molecule has 4 unspecified atom stereocenters. The van der Waals surface area contributed by atoms with E-state index in [2.05, 4.69) is 63.7 Å². The lowest BCUT2D eigenvalue weighted by molar-refractivity contribution is -0.145. The maximum absolute atomic E-state index is 12.7. The fourth-order valence-electron chi connectivity index (χ4n) is 5.08. The molecule has 2 rings (SSSR count). The van der Waals surface area contributed by atoms with E-state index in [0.717, 1.165) is 50.5 Å². The van der Waals surface area contributed by atoms with Crippen molar-refractivity contribution in [3.8, 4) is 0 Å². The number of hydrogen-bond donors (Lipinski definition) is 1. The molecule has 0 aromatic heterocycles. The van der Waals surface area contributed by atoms with Crippen molar-refractivity contribution in [3.63, 3.8) is 0 Å². The second-order valence-corrected chi connectivity index (χ2v) is 10.0. The summed E-state index contributed by atoms with van der Waals surface area (Å²) >= 11 is 0. The maximum atomic E-state index is 12.7. The Kier molecular flexibility index (Phi) is 12.5. The highest BCUT2D eigenvalue weighted by molar-refractivity contribution is 5.84. The Hall–Kier alpha value is -2.68. The third kappa shape index (κ3) is 9.47. The van der Waals surface area contributed by atoms with Crippen LogP contribution in [0.25, 0.3) is 0 Å². The molecule has 0 spiro atoms. The first-order chi connectivity index (χ1) is 16.9. The van der Waals surface area contributed by atoms with Gasteiger partial charge in [0, 0.05) is 12.8 Å². The molecule has 35 heavy (non-hydrogen) atoms. The van der Waals surface area contributed by atoms with E-state index in [1.165, 1.54) is 11.1 Å². The number of allylic oxidation sites excluding steroid dienone is 1. The minimum atomic E-state index is -0.875. The van der Waals surface area contributed by atoms with Gasteiger partial charge in [-0.05, 0) is 61.0 Å². The van der Waals surface area contributed by atoms with Gasteiger partial charge in [0.15, 0.2) is 0 Å². The summed E-state index contributed by atoms with van der Waals surface area (Å²) in [6.45, 7) is 10.9. The SMILES string of the molecule is C=C(CC(CC)c1ccccc1)C(CCC(C)c1ccccc1)C(CC(=O)CCCCC)C(=O)O. The predicted molar refractivity (Wildman–Crippen MR) is 146 cm³/mol. The average molecular weight is 477 g/mol. The fraction of sp³-hybridized carbons (Fsp3) is 0.500. The standard InChI is InChI=1S/C32H44O3/c1-5-7-10-19-29(33)23-31(32(34)35)30(21-20-24(3)27-15-11-8-12-16-27)25(4)22-26(6-2)28-17-13-9-14-18-28/h8-9,11-18,24,26,30-31H,4-7,10,19-23H2,1-3H3,(H,34,35). The number of unbranched alkanes of at least 4 members (excludes halogenated alkanes) is 2. The summed E-state index contributed by atoms with van der Waals surface area (Å²) in [5.41, 5.74) is 3.49. The van der Waals surface area contributed by atoms with Crippen molar-refractivity contribution in [2.75, 3.05) is 0 Å². The molecule has 0 fully saturated rings. The van der Waals surface area contributed by atoms with Gasteiger partial charge >= 0.3 is 5.97 Å². The van der Waals surface area contributed by atoms with Crippen LogP contribution in [-0.2, 0) is 9.59 Å². The number of carbonyl (C=O) groups excluding carboxylic acids is 1. The molecule has 0 amide bonds. The van der Waals surface area contributed by atoms with E-state index >= 15 is 0 Å². The molecule has 0 radical (unpaired) electrons. The molecule has 4 atom stereocenters. The van der Waals surface area contributed by atoms with Gasteiger partial charge in [-0.2, -0.15) is 0 Å². The summed E-state index contributed by atoms with van der Waals surface area (Å²) in [6, 6.07) is 20.8. The van der Waals surface area contributed by atoms with Crippen LogP contribution in [0.2, 0.25) is 0 Å². The molecule has 0 bridgehead atoms. The van der Waals surface area contributed by atoms with Crippen molar-refractivity contribution in [1.29, 1.82) is 0 Å². The largest absolute Gasteiger partial charge is 0.481 e. The summed E-state index contributed by atoms with van der Waals surface area (Å²) in [6.07, 6.45) is 6.76. The fourth-order valence-corrected chi connectivity index (χ4v) is 5.08. The maximum Gasteiger partial charge on any atom is 0.307 e. The lowest BCUT2D eigenvalue weighted by Crippen LogP contribution is -2.28. The highest BCUT2D eigenvalue weighted by atomic mass is 16.4. The first-order valence-corrected chi connectivity index (χ1v) is 13.4. The molecule has 190 valence electrons. The zero-order chi connectivity index (χ0) is 25.6. The van der Waals surface area contributed by atoms with Crippen molar-refractivity contribution >= 4 is 11.8 Å². The molecule has 3 nitrogen and oxygen atoms in total. The van der Waals surface area contributed by atoms with E-state index < -0.39 is 11.9 Å². The summed E-state index contributed by atoms with van der Waals surface area (Å²) in [4.78, 5) is 25.2. The van der Waals surface area contributed by atoms with Crippen molar-refractivity contribution in [1.82, 2.24) is 0 Å². The number of aliphatic carboxylic acids is 1. The Morgan fingerprint density at radius 1 is 0.829 bits per heavy atom. The number of carbonyl (C=O) groups is 2. The molecule has 0 saturated heterocycles. The Labute approximate surface area is 212 Å². The van der Waals surface area contributed by atoms with Crippen LogP contribution in [0.4, 0.5) is 0 Å². The highest BCUT2D eigenvalue weighted by Gasteiger charge is 2.33. The molecule has 0 heterocycles. The monoisotopic (exact) mass is 476 g/mol. The number of hydrogen-bond acceptors (Lipinski definition) is 2. The Morgan fingerprint density at radius 3 is 1.97 bits per heavy atom. The van der Waals surface area contributed by atoms with Gasteiger partial charge in [0.1, 0.15) is 5.78 Å². The Balaban J connectivity index is 2.22. The van der Waals surface area contributed by atoms with E-state index in [1.807, 2.05) is 24.3 Å². The zero-order valence-corrected chi connectivity index (χ0v) is 21.9. The second-order valence-electron chi connectivity index (χ2n) is 10.0. The molecule has 0 aliphatic carbocycles. The average Bonchev–Trinajstić information content (AvgIpc) is 2.87. The predicted octanol–water partition coefficient (Wildman–Crippen LogP) is 8.57. The molecule has 1 N–H and O–H groups in total. The van der Waals surface area contributed by atoms with Gasteiger partial charge in [-0.25, -0.2) is 0 Å². The van der Waals surface area contributed by atoms with Gasteiger partial charge < -0.3 is 5.11 Å². The lowest BCUT2D eigenvalue weighted by Gasteiger charge is -2.29. The number of rotatable bonds is 17. The number of Topliss-reactive ketones (excluding diaryl/α,β-unsaturated/α-hetero) is 1. The summed E-state index contributed by atoms with van der Waals surface area (Å²) in [7, 11) is 0. The van der Waals surface area contributed by atoms with E-state index in [4.69, 9.17) is 0 Å². The molecular weight excluding hydrogens is 432 g/mol. The Bertz CT molecular complexity index is 903. The van der Waals surface area contributed by atoms with Gasteiger partial charge in [0.05, 0.1) is 5.92 Å². The lowest BCUT2D eigenvalue weighted by atomic mass is 9.74. The summed E-state index contributed by atoms with van der Waals surface area (Å²) in [5.74, 6) is -1.13. The van der Waals surface area contributed by atoms with Crippen LogP contribution in [0.5, 0.6) is 0 Å². The smallest absolute Gasteiger partial charge is 0.307 e. The molecule has 0 saturated carbocycles. The van der Waals surface area contributed by atoms with Gasteiger partial charge in [-0.15, -0.1) is 0 Å². The quantitative estimate of drug-likeness (QED) is 0.184. The topological polar surface area (TPSA) is 54.4 Å². The molecule has 3 heteroatoms. The summed E-state index contributed by atoms with van der Waals surface area (Å²) < 4.78 is 0. The first kappa shape index (κ1) is 28.6. The van der Waals surface area contributed by atoms with Crippen molar-refractivity contribution < 1.29 is 14.7 Å². The molecular formula is C32H44O3. The molecule has 0 aliphatic rings. The third-order valence-corrected chi connectivity index (χ3v) is 7.39. The minimum Gasteiger partial charge on any atom is -0.481 e. The van der Waals surface area contributed by atoms with Crippen LogP contribution in [0.3, 0.4) is 0 Å². The molecule has 2 aromatic rings. The van der Waals surface area contributed by atoms with Crippen LogP contribution in [0.1, 0.15) is 102 Å². The number of ketones is 1. The van der Waals surface area contributed by atoms with Crippen LogP contribution >= 0.6 is 0 Å². The number of benzene rings is 2. The van der Waals surface area contributed by atoms with E-state index in [1.54, 1.807) is 0 Å². The van der Waals surface area contributed by atoms with Gasteiger partial charge in [0.2, 0.25) is 0 Å². The van der Waals surface area contributed by atoms with Crippen molar-refractivity contribution in [2.24, 2.45) is 11.8 Å². The number of carboxylic acids is 1. The third-order valence-electron chi connectivity index (χ3n) is 7.39. The van der Waals surface area contributed by atoms with Crippen molar-refractivity contribution in [2.45, 2.75) is 90.4 Å². The molecule has 0 aliphatic heterocycles. The van der Waals surface area contributed by atoms with E-state index in [9.17, 15) is 14.7 Å². The Morgan fingerprint density at radius 2 is 1.43 bits per heavy atom.